The number of nitrogens with zero attached hydrogens (tertiary/aromatic N) is 1. The van der Waals surface area contributed by atoms with Gasteiger partial charge in [-0.2, -0.15) is 0 Å². The Hall–Kier alpha value is -3.07. The smallest absolute Gasteiger partial charge is 0.462 e. The Morgan fingerprint density at radius 1 is 0.444 bits per heavy atom. The first-order valence-electron chi connectivity index (χ1n) is 29.0. The second-order valence-electron chi connectivity index (χ2n) is 20.3. The number of carbonyl (C=O) groups is 2. The number of rotatable bonds is 52. The molecule has 0 fully saturated rings. The van der Waals surface area contributed by atoms with Gasteiger partial charge in [0, 0.05) is 12.8 Å². The van der Waals surface area contributed by atoms with E-state index in [2.05, 4.69) is 111 Å². The molecule has 0 rings (SSSR count). The molecule has 414 valence electrons. The highest BCUT2D eigenvalue weighted by Gasteiger charge is 2.27. The van der Waals surface area contributed by atoms with Gasteiger partial charge in [0.25, 0.3) is 0 Å². The van der Waals surface area contributed by atoms with Gasteiger partial charge in [-0.25, -0.2) is 4.57 Å². The van der Waals surface area contributed by atoms with Crippen molar-refractivity contribution in [2.24, 2.45) is 0 Å². The third-order valence-corrected chi connectivity index (χ3v) is 13.1. The first-order valence-corrected chi connectivity index (χ1v) is 30.5. The normalized spacial score (nSPS) is 14.0. The van der Waals surface area contributed by atoms with E-state index < -0.39 is 26.5 Å². The number of phosphoric acid groups is 1. The van der Waals surface area contributed by atoms with E-state index in [1.807, 2.05) is 21.1 Å². The predicted octanol–water partition coefficient (Wildman–Crippen LogP) is 18.0. The molecule has 0 aliphatic carbocycles. The molecule has 0 aromatic carbocycles. The summed E-state index contributed by atoms with van der Waals surface area (Å²) in [5, 5.41) is 0. The van der Waals surface area contributed by atoms with Gasteiger partial charge in [-0.05, 0) is 77.0 Å². The second kappa shape index (κ2) is 52.8. The van der Waals surface area contributed by atoms with Crippen molar-refractivity contribution in [1.29, 1.82) is 0 Å². The Morgan fingerprint density at radius 2 is 0.792 bits per heavy atom. The molecule has 2 unspecified atom stereocenters. The monoisotopic (exact) mass is 1030 g/mol. The summed E-state index contributed by atoms with van der Waals surface area (Å²) in [5.74, 6) is -0.802. The van der Waals surface area contributed by atoms with Crippen molar-refractivity contribution in [2.75, 3.05) is 47.5 Å². The van der Waals surface area contributed by atoms with Crippen molar-refractivity contribution in [3.05, 3.63) is 97.2 Å². The maximum atomic E-state index is 12.8. The predicted molar refractivity (Wildman–Crippen MR) is 307 cm³/mol. The minimum absolute atomic E-state index is 0.0282. The van der Waals surface area contributed by atoms with Crippen LogP contribution in [0, 0.1) is 0 Å². The minimum atomic E-state index is -4.39. The summed E-state index contributed by atoms with van der Waals surface area (Å²) in [4.78, 5) is 35.6. The molecule has 9 nitrogen and oxygen atoms in total. The standard InChI is InChI=1S/C62H108NO8P/c1-6-8-10-12-14-16-18-20-21-22-23-24-25-26-27-28-29-30-31-32-33-34-35-36-37-38-39-40-41-43-45-47-49-51-53-55-62(65)71-60(59-70-72(66,67)69-57-56-63(3,4)5)58-68-61(64)54-52-50-48-46-44-42-19-17-15-13-11-9-7-2/h8,10,14,16,20-21,23-24,26-27,29-30,32-33,35-36,60H,6-7,9,11-13,15,17-19,22,25,28,31,34,37-59H2,1-5H3/p+1/b10-8-,16-14-,21-20-,24-23-,27-26-,30-29-,33-32-,36-35-. The average molecular weight is 1030 g/mol. The number of esters is 2. The molecular formula is C62H109NO8P+. The van der Waals surface area contributed by atoms with Crippen molar-refractivity contribution in [2.45, 2.75) is 238 Å². The summed E-state index contributed by atoms with van der Waals surface area (Å²) in [7, 11) is 1.47. The number of carbonyl (C=O) groups excluding carboxylic acids is 2. The van der Waals surface area contributed by atoms with E-state index in [9.17, 15) is 19.0 Å². The SMILES string of the molecule is CC/C=C\C/C=C\C/C=C\C/C=C\C/C=C\C/C=C\C/C=C\C/C=C\CCCCCCCCCCCCC(=O)OC(COC(=O)CCCCCCCCCCCCCCC)COP(=O)(O)OCC[N+](C)(C)C. The lowest BCUT2D eigenvalue weighted by Gasteiger charge is -2.24. The molecule has 0 aliphatic rings. The summed E-state index contributed by atoms with van der Waals surface area (Å²) in [6.45, 7) is 4.31. The Labute approximate surface area is 443 Å². The van der Waals surface area contributed by atoms with Crippen LogP contribution >= 0.6 is 7.82 Å². The van der Waals surface area contributed by atoms with Gasteiger partial charge in [-0.3, -0.25) is 18.6 Å². The lowest BCUT2D eigenvalue weighted by molar-refractivity contribution is -0.870. The molecule has 0 saturated heterocycles. The first kappa shape index (κ1) is 68.9. The quantitative estimate of drug-likeness (QED) is 0.0211. The molecule has 0 radical (unpaired) electrons. The van der Waals surface area contributed by atoms with Crippen LogP contribution in [-0.2, 0) is 32.7 Å². The highest BCUT2D eigenvalue weighted by molar-refractivity contribution is 7.47. The highest BCUT2D eigenvalue weighted by atomic mass is 31.2. The second-order valence-corrected chi connectivity index (χ2v) is 21.8. The molecule has 0 aromatic rings. The number of phosphoric ester groups is 1. The first-order chi connectivity index (χ1) is 35.0. The maximum Gasteiger partial charge on any atom is 0.472 e. The molecule has 1 N–H and O–H groups in total. The van der Waals surface area contributed by atoms with E-state index in [0.29, 0.717) is 17.4 Å². The zero-order valence-electron chi connectivity index (χ0n) is 46.9. The third-order valence-electron chi connectivity index (χ3n) is 12.1. The fourth-order valence-electron chi connectivity index (χ4n) is 7.68. The van der Waals surface area contributed by atoms with Crippen LogP contribution in [0.5, 0.6) is 0 Å². The van der Waals surface area contributed by atoms with E-state index >= 15 is 0 Å². The van der Waals surface area contributed by atoms with Crippen molar-refractivity contribution in [3.8, 4) is 0 Å². The Bertz CT molecular complexity index is 1540. The number of allylic oxidation sites excluding steroid dienone is 16. The van der Waals surface area contributed by atoms with E-state index in [-0.39, 0.29) is 32.0 Å². The zero-order chi connectivity index (χ0) is 52.7. The largest absolute Gasteiger partial charge is 0.472 e. The van der Waals surface area contributed by atoms with Gasteiger partial charge in [-0.15, -0.1) is 0 Å². The molecular weight excluding hydrogens is 918 g/mol. The topological polar surface area (TPSA) is 108 Å². The summed E-state index contributed by atoms with van der Waals surface area (Å²) in [5.41, 5.74) is 0. The van der Waals surface area contributed by atoms with Crippen LogP contribution in [0.3, 0.4) is 0 Å². The summed E-state index contributed by atoms with van der Waals surface area (Å²) < 4.78 is 34.5. The number of ether oxygens (including phenoxy) is 2. The van der Waals surface area contributed by atoms with Crippen LogP contribution in [0.25, 0.3) is 0 Å². The average Bonchev–Trinajstić information content (AvgIpc) is 3.34. The van der Waals surface area contributed by atoms with Gasteiger partial charge in [0.05, 0.1) is 27.7 Å². The zero-order valence-corrected chi connectivity index (χ0v) is 47.8. The molecule has 0 aromatic heterocycles. The number of quaternary nitrogens is 1. The Morgan fingerprint density at radius 3 is 1.18 bits per heavy atom. The maximum absolute atomic E-state index is 12.8. The van der Waals surface area contributed by atoms with Crippen LogP contribution in [0.2, 0.25) is 0 Å². The molecule has 0 saturated carbocycles. The number of unbranched alkanes of at least 4 members (excludes halogenated alkanes) is 22. The van der Waals surface area contributed by atoms with Gasteiger partial charge in [0.15, 0.2) is 6.10 Å². The van der Waals surface area contributed by atoms with Crippen molar-refractivity contribution in [3.63, 3.8) is 0 Å². The van der Waals surface area contributed by atoms with E-state index in [4.69, 9.17) is 18.5 Å². The van der Waals surface area contributed by atoms with Crippen LogP contribution in [0.1, 0.15) is 232 Å². The molecule has 0 spiro atoms. The molecule has 72 heavy (non-hydrogen) atoms. The van der Waals surface area contributed by atoms with E-state index in [1.165, 1.54) is 103 Å². The molecule has 0 bridgehead atoms. The fraction of sp³-hybridized carbons (Fsp3) is 0.710. The van der Waals surface area contributed by atoms with Gasteiger partial charge in [0.1, 0.15) is 19.8 Å². The third kappa shape index (κ3) is 56.2. The highest BCUT2D eigenvalue weighted by Crippen LogP contribution is 2.43. The lowest BCUT2D eigenvalue weighted by Crippen LogP contribution is -2.37. The van der Waals surface area contributed by atoms with Crippen LogP contribution in [0.4, 0.5) is 0 Å². The fourth-order valence-corrected chi connectivity index (χ4v) is 8.42. The van der Waals surface area contributed by atoms with Crippen molar-refractivity contribution >= 4 is 19.8 Å². The van der Waals surface area contributed by atoms with Gasteiger partial charge in [0.2, 0.25) is 0 Å². The molecule has 10 heteroatoms. The number of hydrogen-bond donors (Lipinski definition) is 1. The van der Waals surface area contributed by atoms with Crippen LogP contribution < -0.4 is 0 Å². The summed E-state index contributed by atoms with van der Waals surface area (Å²) in [6, 6.07) is 0. The van der Waals surface area contributed by atoms with E-state index in [0.717, 1.165) is 96.3 Å². The van der Waals surface area contributed by atoms with Crippen molar-refractivity contribution in [1.82, 2.24) is 0 Å². The Kier molecular flexibility index (Phi) is 50.5. The molecule has 0 heterocycles. The van der Waals surface area contributed by atoms with Crippen molar-refractivity contribution < 1.29 is 42.1 Å². The molecule has 0 aliphatic heterocycles. The van der Waals surface area contributed by atoms with Crippen LogP contribution in [-0.4, -0.2) is 74.9 Å². The number of hydrogen-bond acceptors (Lipinski definition) is 7. The minimum Gasteiger partial charge on any atom is -0.462 e. The molecule has 0 amide bonds. The summed E-state index contributed by atoms with van der Waals surface area (Å²) >= 11 is 0. The molecule has 2 atom stereocenters. The van der Waals surface area contributed by atoms with Gasteiger partial charge in [-0.1, -0.05) is 239 Å². The lowest BCUT2D eigenvalue weighted by atomic mass is 10.0. The summed E-state index contributed by atoms with van der Waals surface area (Å²) in [6.07, 6.45) is 71.9. The number of likely N-dealkylation sites (N-methyl/N-ethyl adjacent to an activating group) is 1. The van der Waals surface area contributed by atoms with Gasteiger partial charge >= 0.3 is 19.8 Å². The van der Waals surface area contributed by atoms with Crippen LogP contribution in [0.15, 0.2) is 97.2 Å². The Balaban J connectivity index is 4.11. The van der Waals surface area contributed by atoms with Gasteiger partial charge < -0.3 is 18.9 Å². The van der Waals surface area contributed by atoms with E-state index in [1.54, 1.807) is 0 Å².